The highest BCUT2D eigenvalue weighted by Crippen LogP contribution is 2.75. The van der Waals surface area contributed by atoms with Crippen molar-refractivity contribution in [1.82, 2.24) is 4.98 Å². The molecular weight excluding hydrogens is 432 g/mol. The molecule has 0 radical (unpaired) electrons. The van der Waals surface area contributed by atoms with Gasteiger partial charge < -0.3 is 18.1 Å². The standard InChI is InChI=1S/C19H35NO6P2S/c1-14(2)23-27(21,24-15(3)4)19(29-13-18-11-9-10-12-20-18)28(22,25-16(5)6)26-17(7)8/h9-12,14-17,19H,13H2,1-8H3. The number of hydrogen-bond donors (Lipinski definition) is 0. The number of aromatic nitrogens is 1. The van der Waals surface area contributed by atoms with Crippen molar-refractivity contribution in [3.63, 3.8) is 0 Å². The van der Waals surface area contributed by atoms with Gasteiger partial charge in [-0.1, -0.05) is 6.07 Å². The van der Waals surface area contributed by atoms with E-state index in [1.54, 1.807) is 61.6 Å². The molecule has 7 nitrogen and oxygen atoms in total. The molecule has 0 unspecified atom stereocenters. The summed E-state index contributed by atoms with van der Waals surface area (Å²) in [5, 5.41) is 0. The molecule has 0 aliphatic heterocycles. The van der Waals surface area contributed by atoms with Crippen molar-refractivity contribution in [2.75, 3.05) is 0 Å². The number of rotatable bonds is 13. The summed E-state index contributed by atoms with van der Waals surface area (Å²) in [7, 11) is -7.78. The van der Waals surface area contributed by atoms with E-state index in [9.17, 15) is 9.13 Å². The number of pyridine rings is 1. The molecule has 168 valence electrons. The van der Waals surface area contributed by atoms with Crippen LogP contribution in [0.3, 0.4) is 0 Å². The van der Waals surface area contributed by atoms with E-state index < -0.39 is 44.3 Å². The highest BCUT2D eigenvalue weighted by molar-refractivity contribution is 8.12. The summed E-state index contributed by atoms with van der Waals surface area (Å²) in [6.45, 7) is 14.1. The lowest BCUT2D eigenvalue weighted by Crippen LogP contribution is -2.21. The SMILES string of the molecule is CC(C)OP(=O)(OC(C)C)C(SCc1ccccn1)P(=O)(OC(C)C)OC(C)C. The Morgan fingerprint density at radius 2 is 1.21 bits per heavy atom. The first kappa shape index (κ1) is 26.8. The third-order valence-electron chi connectivity index (χ3n) is 3.08. The predicted octanol–water partition coefficient (Wildman–Crippen LogP) is 6.68. The fraction of sp³-hybridized carbons (Fsp3) is 0.737. The summed E-state index contributed by atoms with van der Waals surface area (Å²) in [6.07, 6.45) is 0.0792. The molecule has 0 spiro atoms. The van der Waals surface area contributed by atoms with Crippen molar-refractivity contribution >= 4 is 27.0 Å². The number of hydrogen-bond acceptors (Lipinski definition) is 8. The van der Waals surface area contributed by atoms with Crippen molar-refractivity contribution in [2.24, 2.45) is 0 Å². The third kappa shape index (κ3) is 9.22. The van der Waals surface area contributed by atoms with Crippen LogP contribution in [-0.4, -0.2) is 34.1 Å². The van der Waals surface area contributed by atoms with Crippen LogP contribution < -0.4 is 0 Å². The van der Waals surface area contributed by atoms with Gasteiger partial charge in [0, 0.05) is 11.9 Å². The fourth-order valence-corrected chi connectivity index (χ4v) is 10.3. The first-order valence-electron chi connectivity index (χ1n) is 9.82. The molecule has 0 fully saturated rings. The van der Waals surface area contributed by atoms with Gasteiger partial charge in [-0.15, -0.1) is 11.8 Å². The zero-order chi connectivity index (χ0) is 22.2. The predicted molar refractivity (Wildman–Crippen MR) is 119 cm³/mol. The molecule has 0 bridgehead atoms. The molecule has 0 N–H and O–H groups in total. The number of nitrogens with zero attached hydrogens (tertiary/aromatic N) is 1. The van der Waals surface area contributed by atoms with Crippen LogP contribution in [0.1, 0.15) is 61.1 Å². The van der Waals surface area contributed by atoms with Gasteiger partial charge in [-0.2, -0.15) is 0 Å². The summed E-state index contributed by atoms with van der Waals surface area (Å²) in [5.74, 6) is 0.352. The van der Waals surface area contributed by atoms with Gasteiger partial charge in [0.1, 0.15) is 0 Å². The minimum absolute atomic E-state index is 0.352. The van der Waals surface area contributed by atoms with Crippen LogP contribution >= 0.6 is 27.0 Å². The zero-order valence-corrected chi connectivity index (χ0v) is 21.2. The lowest BCUT2D eigenvalue weighted by Gasteiger charge is -2.34. The van der Waals surface area contributed by atoms with Crippen LogP contribution in [0.5, 0.6) is 0 Å². The van der Waals surface area contributed by atoms with Gasteiger partial charge in [0.25, 0.3) is 0 Å². The highest BCUT2D eigenvalue weighted by atomic mass is 32.2. The molecule has 10 heteroatoms. The summed E-state index contributed by atoms with van der Waals surface area (Å²) >= 11 is 1.17. The fourth-order valence-electron chi connectivity index (χ4n) is 2.43. The second kappa shape index (κ2) is 12.0. The lowest BCUT2D eigenvalue weighted by molar-refractivity contribution is 0.129. The minimum atomic E-state index is -3.89. The van der Waals surface area contributed by atoms with Crippen LogP contribution in [0.2, 0.25) is 0 Å². The zero-order valence-electron chi connectivity index (χ0n) is 18.6. The monoisotopic (exact) mass is 467 g/mol. The van der Waals surface area contributed by atoms with Crippen LogP contribution in [0.25, 0.3) is 0 Å². The Balaban J connectivity index is 3.42. The smallest absolute Gasteiger partial charge is 0.305 e. The van der Waals surface area contributed by atoms with Gasteiger partial charge in [0.05, 0.1) is 30.1 Å². The highest BCUT2D eigenvalue weighted by Gasteiger charge is 2.53. The van der Waals surface area contributed by atoms with E-state index in [1.807, 2.05) is 18.2 Å². The lowest BCUT2D eigenvalue weighted by atomic mass is 10.4. The quantitative estimate of drug-likeness (QED) is 0.297. The Labute approximate surface area is 179 Å². The Kier molecular flexibility index (Phi) is 11.1. The Morgan fingerprint density at radius 3 is 1.52 bits per heavy atom. The van der Waals surface area contributed by atoms with Gasteiger partial charge in [-0.3, -0.25) is 14.1 Å². The molecular formula is C19H35NO6P2S. The maximum absolute atomic E-state index is 13.9. The second-order valence-electron chi connectivity index (χ2n) is 7.65. The molecule has 0 atom stereocenters. The van der Waals surface area contributed by atoms with Gasteiger partial charge in [0.15, 0.2) is 0 Å². The molecule has 0 saturated carbocycles. The van der Waals surface area contributed by atoms with Gasteiger partial charge >= 0.3 is 15.2 Å². The van der Waals surface area contributed by atoms with Crippen molar-refractivity contribution in [2.45, 2.75) is 90.3 Å². The maximum atomic E-state index is 13.9. The molecule has 1 aromatic heterocycles. The van der Waals surface area contributed by atoms with E-state index in [-0.39, 0.29) is 0 Å². The first-order chi connectivity index (χ1) is 13.4. The largest absolute Gasteiger partial charge is 0.356 e. The minimum Gasteiger partial charge on any atom is -0.305 e. The third-order valence-corrected chi connectivity index (χ3v) is 11.9. The molecule has 29 heavy (non-hydrogen) atoms. The van der Waals surface area contributed by atoms with Crippen LogP contribution in [0.4, 0.5) is 0 Å². The van der Waals surface area contributed by atoms with E-state index in [1.165, 1.54) is 11.8 Å². The van der Waals surface area contributed by atoms with Gasteiger partial charge in [-0.25, -0.2) is 0 Å². The summed E-state index contributed by atoms with van der Waals surface area (Å²) < 4.78 is 49.8. The topological polar surface area (TPSA) is 84.0 Å². The van der Waals surface area contributed by atoms with E-state index in [0.29, 0.717) is 5.75 Å². The van der Waals surface area contributed by atoms with E-state index >= 15 is 0 Å². The Morgan fingerprint density at radius 1 is 0.793 bits per heavy atom. The van der Waals surface area contributed by atoms with Gasteiger partial charge in [-0.05, 0) is 67.5 Å². The molecule has 0 amide bonds. The second-order valence-corrected chi connectivity index (χ2v) is 13.9. The van der Waals surface area contributed by atoms with E-state index in [2.05, 4.69) is 4.98 Å². The van der Waals surface area contributed by atoms with Crippen LogP contribution in [-0.2, 0) is 33.0 Å². The molecule has 0 aromatic carbocycles. The molecule has 1 heterocycles. The molecule has 0 aliphatic carbocycles. The molecule has 0 aliphatic rings. The number of thioether (sulfide) groups is 1. The molecule has 1 aromatic rings. The Hall–Kier alpha value is -0.200. The summed E-state index contributed by atoms with van der Waals surface area (Å²) in [5.41, 5.74) is 0.754. The average molecular weight is 468 g/mol. The van der Waals surface area contributed by atoms with Crippen molar-refractivity contribution in [3.8, 4) is 0 Å². The van der Waals surface area contributed by atoms with Crippen LogP contribution in [0.15, 0.2) is 24.4 Å². The summed E-state index contributed by atoms with van der Waals surface area (Å²) in [6, 6.07) is 5.52. The van der Waals surface area contributed by atoms with Crippen molar-refractivity contribution in [1.29, 1.82) is 0 Å². The molecule has 0 saturated heterocycles. The maximum Gasteiger partial charge on any atom is 0.356 e. The molecule has 1 rings (SSSR count). The van der Waals surface area contributed by atoms with Gasteiger partial charge in [0.2, 0.25) is 4.73 Å². The van der Waals surface area contributed by atoms with Crippen LogP contribution in [0, 0.1) is 0 Å². The van der Waals surface area contributed by atoms with Crippen molar-refractivity contribution in [3.05, 3.63) is 30.1 Å². The Bertz CT molecular complexity index is 633. The normalized spacial score (nSPS) is 13.4. The van der Waals surface area contributed by atoms with E-state index in [4.69, 9.17) is 18.1 Å². The summed E-state index contributed by atoms with van der Waals surface area (Å²) in [4.78, 5) is 4.30. The average Bonchev–Trinajstić information content (AvgIpc) is 2.52. The first-order valence-corrected chi connectivity index (χ1v) is 14.1. The van der Waals surface area contributed by atoms with E-state index in [0.717, 1.165) is 5.69 Å². The van der Waals surface area contributed by atoms with Crippen molar-refractivity contribution < 1.29 is 27.2 Å².